The molecule has 0 aliphatic carbocycles. The molecule has 0 aliphatic heterocycles. The Labute approximate surface area is 196 Å². The Hall–Kier alpha value is -2.97. The van der Waals surface area contributed by atoms with Gasteiger partial charge in [0.2, 0.25) is 0 Å². The van der Waals surface area contributed by atoms with Gasteiger partial charge in [0.15, 0.2) is 5.16 Å². The zero-order chi connectivity index (χ0) is 22.2. The molecule has 8 heteroatoms. The zero-order valence-electron chi connectivity index (χ0n) is 17.9. The molecule has 0 saturated carbocycles. The molecular weight excluding hydrogens is 438 g/mol. The molecule has 6 nitrogen and oxygen atoms in total. The van der Waals surface area contributed by atoms with E-state index in [-0.39, 0.29) is 5.91 Å². The molecule has 0 atom stereocenters. The molecule has 164 valence electrons. The van der Waals surface area contributed by atoms with Crippen molar-refractivity contribution >= 4 is 29.0 Å². The second-order valence-corrected chi connectivity index (χ2v) is 9.14. The Morgan fingerprint density at radius 2 is 1.81 bits per heavy atom. The van der Waals surface area contributed by atoms with Crippen LogP contribution in [0.3, 0.4) is 0 Å². The number of hydrogen-bond acceptors (Lipinski definition) is 6. The maximum absolute atomic E-state index is 12.2. The summed E-state index contributed by atoms with van der Waals surface area (Å²) >= 11 is 3.08. The first-order valence-corrected chi connectivity index (χ1v) is 12.5. The maximum atomic E-state index is 12.2. The number of rotatable bonds is 10. The molecule has 0 unspecified atom stereocenters. The van der Waals surface area contributed by atoms with Crippen molar-refractivity contribution in [3.05, 3.63) is 88.1 Å². The normalized spacial score (nSPS) is 10.9. The van der Waals surface area contributed by atoms with E-state index in [0.29, 0.717) is 24.4 Å². The molecule has 0 fully saturated rings. The van der Waals surface area contributed by atoms with Crippen LogP contribution in [-0.2, 0) is 12.2 Å². The van der Waals surface area contributed by atoms with Crippen molar-refractivity contribution in [1.82, 2.24) is 25.1 Å². The minimum Gasteiger partial charge on any atom is -0.351 e. The van der Waals surface area contributed by atoms with Gasteiger partial charge in [0.25, 0.3) is 5.91 Å². The van der Waals surface area contributed by atoms with E-state index < -0.39 is 0 Å². The van der Waals surface area contributed by atoms with Crippen molar-refractivity contribution < 1.29 is 4.79 Å². The topological polar surface area (TPSA) is 72.7 Å². The first-order chi connectivity index (χ1) is 15.7. The van der Waals surface area contributed by atoms with E-state index in [1.54, 1.807) is 11.8 Å². The van der Waals surface area contributed by atoms with Gasteiger partial charge in [-0.05, 0) is 24.1 Å². The molecule has 4 rings (SSSR count). The van der Waals surface area contributed by atoms with E-state index in [9.17, 15) is 4.79 Å². The van der Waals surface area contributed by atoms with E-state index >= 15 is 0 Å². The Morgan fingerprint density at radius 3 is 2.56 bits per heavy atom. The van der Waals surface area contributed by atoms with Gasteiger partial charge >= 0.3 is 0 Å². The highest BCUT2D eigenvalue weighted by Gasteiger charge is 2.16. The molecule has 32 heavy (non-hydrogen) atoms. The first kappa shape index (κ1) is 22.2. The molecule has 2 aromatic heterocycles. The number of carbonyl (C=O) groups is 1. The minimum atomic E-state index is -0.108. The van der Waals surface area contributed by atoms with E-state index in [0.717, 1.165) is 34.5 Å². The average molecular weight is 464 g/mol. The lowest BCUT2D eigenvalue weighted by molar-refractivity contribution is 0.0948. The molecular formula is C24H25N5OS2. The molecule has 1 N–H and O–H groups in total. The van der Waals surface area contributed by atoms with Crippen LogP contribution in [0.4, 0.5) is 0 Å². The predicted molar refractivity (Wildman–Crippen MR) is 130 cm³/mol. The number of aromatic nitrogens is 4. The average Bonchev–Trinajstić information content (AvgIpc) is 3.46. The van der Waals surface area contributed by atoms with E-state index in [1.807, 2.05) is 41.8 Å². The number of amides is 1. The summed E-state index contributed by atoms with van der Waals surface area (Å²) in [5.41, 5.74) is 2.70. The SMILES string of the molecule is CCCCNC(=O)c1csc(CSc2nnc(Cc3ccccc3)n2-c2ccccc2)n1. The molecule has 0 radical (unpaired) electrons. The van der Waals surface area contributed by atoms with Gasteiger partial charge in [-0.3, -0.25) is 9.36 Å². The van der Waals surface area contributed by atoms with Crippen LogP contribution >= 0.6 is 23.1 Å². The lowest BCUT2D eigenvalue weighted by Gasteiger charge is -2.10. The summed E-state index contributed by atoms with van der Waals surface area (Å²) in [7, 11) is 0. The molecule has 1 amide bonds. The van der Waals surface area contributed by atoms with Gasteiger partial charge in [-0.25, -0.2) is 4.98 Å². The minimum absolute atomic E-state index is 0.108. The first-order valence-electron chi connectivity index (χ1n) is 10.6. The van der Waals surface area contributed by atoms with Crippen LogP contribution in [-0.4, -0.2) is 32.2 Å². The van der Waals surface area contributed by atoms with Crippen LogP contribution < -0.4 is 5.32 Å². The van der Waals surface area contributed by atoms with E-state index in [2.05, 4.69) is 56.3 Å². The fraction of sp³-hybridized carbons (Fsp3) is 0.250. The highest BCUT2D eigenvalue weighted by molar-refractivity contribution is 7.98. The Balaban J connectivity index is 1.50. The number of unbranched alkanes of at least 4 members (excludes halogenated alkanes) is 1. The number of benzene rings is 2. The van der Waals surface area contributed by atoms with Gasteiger partial charge in [-0.2, -0.15) is 0 Å². The van der Waals surface area contributed by atoms with Gasteiger partial charge < -0.3 is 5.32 Å². The van der Waals surface area contributed by atoms with Crippen molar-refractivity contribution in [3.63, 3.8) is 0 Å². The Kier molecular flexibility index (Phi) is 7.68. The Morgan fingerprint density at radius 1 is 1.06 bits per heavy atom. The number of nitrogens with zero attached hydrogens (tertiary/aromatic N) is 4. The van der Waals surface area contributed by atoms with Gasteiger partial charge in [-0.1, -0.05) is 73.6 Å². The van der Waals surface area contributed by atoms with Crippen LogP contribution in [0.25, 0.3) is 5.69 Å². The van der Waals surface area contributed by atoms with Gasteiger partial charge in [0, 0.05) is 24.0 Å². The summed E-state index contributed by atoms with van der Waals surface area (Å²) < 4.78 is 2.10. The van der Waals surface area contributed by atoms with Crippen molar-refractivity contribution in [2.24, 2.45) is 0 Å². The number of nitrogens with one attached hydrogen (secondary N) is 1. The standard InChI is InChI=1S/C24H25N5OS2/c1-2-3-14-25-23(30)20-16-31-22(26-20)17-32-24-28-27-21(15-18-10-6-4-7-11-18)29(24)19-12-8-5-9-13-19/h4-13,16H,2-3,14-15,17H2,1H3,(H,25,30). The number of thioether (sulfide) groups is 1. The van der Waals surface area contributed by atoms with Crippen LogP contribution in [0.2, 0.25) is 0 Å². The third-order valence-electron chi connectivity index (χ3n) is 4.84. The lowest BCUT2D eigenvalue weighted by atomic mass is 10.1. The summed E-state index contributed by atoms with van der Waals surface area (Å²) in [6.07, 6.45) is 2.72. The van der Waals surface area contributed by atoms with Crippen LogP contribution in [0.15, 0.2) is 71.2 Å². The quantitative estimate of drug-likeness (QED) is 0.260. The third-order valence-corrected chi connectivity index (χ3v) is 6.82. The van der Waals surface area contributed by atoms with Crippen molar-refractivity contribution in [2.75, 3.05) is 6.54 Å². The molecule has 0 aliphatic rings. The summed E-state index contributed by atoms with van der Waals surface area (Å²) in [6, 6.07) is 20.4. The zero-order valence-corrected chi connectivity index (χ0v) is 19.5. The highest BCUT2D eigenvalue weighted by Crippen LogP contribution is 2.27. The molecule has 4 aromatic rings. The number of hydrogen-bond donors (Lipinski definition) is 1. The van der Waals surface area contributed by atoms with Crippen LogP contribution in [0, 0.1) is 0 Å². The largest absolute Gasteiger partial charge is 0.351 e. The molecule has 0 bridgehead atoms. The van der Waals surface area contributed by atoms with Crippen molar-refractivity contribution in [2.45, 2.75) is 37.1 Å². The Bertz CT molecular complexity index is 1140. The maximum Gasteiger partial charge on any atom is 0.270 e. The van der Waals surface area contributed by atoms with Crippen molar-refractivity contribution in [1.29, 1.82) is 0 Å². The van der Waals surface area contributed by atoms with Crippen molar-refractivity contribution in [3.8, 4) is 5.69 Å². The van der Waals surface area contributed by atoms with Gasteiger partial charge in [0.1, 0.15) is 16.5 Å². The summed E-state index contributed by atoms with van der Waals surface area (Å²) in [6.45, 7) is 2.78. The van der Waals surface area contributed by atoms with Gasteiger partial charge in [0.05, 0.1) is 5.75 Å². The fourth-order valence-electron chi connectivity index (χ4n) is 3.20. The fourth-order valence-corrected chi connectivity index (χ4v) is 4.96. The number of para-hydroxylation sites is 1. The van der Waals surface area contributed by atoms with E-state index in [4.69, 9.17) is 0 Å². The third kappa shape index (κ3) is 5.63. The molecule has 0 saturated heterocycles. The number of thiazole rings is 1. The monoisotopic (exact) mass is 463 g/mol. The summed E-state index contributed by atoms with van der Waals surface area (Å²) in [4.78, 5) is 16.7. The smallest absolute Gasteiger partial charge is 0.270 e. The molecule has 0 spiro atoms. The molecule has 2 heterocycles. The second-order valence-electron chi connectivity index (χ2n) is 7.26. The predicted octanol–water partition coefficient (Wildman–Crippen LogP) is 5.14. The summed E-state index contributed by atoms with van der Waals surface area (Å²) in [5.74, 6) is 1.41. The van der Waals surface area contributed by atoms with Crippen LogP contribution in [0.5, 0.6) is 0 Å². The van der Waals surface area contributed by atoms with Gasteiger partial charge in [-0.15, -0.1) is 21.5 Å². The number of carbonyl (C=O) groups excluding carboxylic acids is 1. The second kappa shape index (κ2) is 11.1. The summed E-state index contributed by atoms with van der Waals surface area (Å²) in [5, 5.41) is 15.4. The van der Waals surface area contributed by atoms with Crippen LogP contribution in [0.1, 0.15) is 46.6 Å². The molecule has 2 aromatic carbocycles. The highest BCUT2D eigenvalue weighted by atomic mass is 32.2. The van der Waals surface area contributed by atoms with E-state index in [1.165, 1.54) is 16.9 Å². The lowest BCUT2D eigenvalue weighted by Crippen LogP contribution is -2.24.